The van der Waals surface area contributed by atoms with Crippen LogP contribution >= 0.6 is 0 Å². The number of halogens is 2. The van der Waals surface area contributed by atoms with E-state index in [-0.39, 0.29) is 12.5 Å². The second-order valence-corrected chi connectivity index (χ2v) is 4.81. The Hall–Kier alpha value is -1.00. The first-order valence-corrected chi connectivity index (χ1v) is 6.34. The molecule has 0 aromatic heterocycles. The predicted molar refractivity (Wildman–Crippen MR) is 64.2 cm³/mol. The van der Waals surface area contributed by atoms with Crippen LogP contribution in [0.25, 0.3) is 0 Å². The van der Waals surface area contributed by atoms with Crippen LogP contribution in [0.15, 0.2) is 18.2 Å². The van der Waals surface area contributed by atoms with E-state index in [1.54, 1.807) is 0 Å². The summed E-state index contributed by atoms with van der Waals surface area (Å²) in [6.07, 6.45) is 1.40. The molecule has 1 fully saturated rings. The van der Waals surface area contributed by atoms with Gasteiger partial charge in [-0.3, -0.25) is 0 Å². The van der Waals surface area contributed by atoms with Crippen molar-refractivity contribution in [3.63, 3.8) is 0 Å². The summed E-state index contributed by atoms with van der Waals surface area (Å²) in [5.74, 6) is -0.841. The molecule has 1 aromatic rings. The molecule has 1 aromatic carbocycles. The summed E-state index contributed by atoms with van der Waals surface area (Å²) in [4.78, 5) is 0. The molecule has 2 unspecified atom stereocenters. The number of ether oxygens (including phenoxy) is 1. The molecule has 2 rings (SSSR count). The first kappa shape index (κ1) is 13.4. The number of hydrogen-bond acceptors (Lipinski definition) is 2. The van der Waals surface area contributed by atoms with E-state index in [2.05, 4.69) is 0 Å². The Labute approximate surface area is 106 Å². The van der Waals surface area contributed by atoms with Gasteiger partial charge in [-0.2, -0.15) is 0 Å². The molecule has 0 heterocycles. The molecule has 1 aliphatic carbocycles. The molecule has 1 N–H and O–H groups in total. The van der Waals surface area contributed by atoms with Gasteiger partial charge in [0, 0.05) is 19.1 Å². The zero-order valence-electron chi connectivity index (χ0n) is 10.4. The molecule has 0 amide bonds. The van der Waals surface area contributed by atoms with E-state index in [4.69, 9.17) is 4.74 Å². The number of aliphatic hydroxyl groups excluding tert-OH is 1. The lowest BCUT2D eigenvalue weighted by Gasteiger charge is -2.22. The summed E-state index contributed by atoms with van der Waals surface area (Å²) in [5.41, 5.74) is 0.463. The van der Waals surface area contributed by atoms with Crippen molar-refractivity contribution in [3.8, 4) is 0 Å². The van der Waals surface area contributed by atoms with Gasteiger partial charge in [0.2, 0.25) is 0 Å². The molecule has 1 aliphatic rings. The minimum atomic E-state index is -0.710. The van der Waals surface area contributed by atoms with Gasteiger partial charge in [0.25, 0.3) is 0 Å². The molecule has 2 atom stereocenters. The van der Waals surface area contributed by atoms with E-state index < -0.39 is 17.7 Å². The van der Waals surface area contributed by atoms with Gasteiger partial charge in [-0.15, -0.1) is 0 Å². The molecule has 0 radical (unpaired) electrons. The van der Waals surface area contributed by atoms with E-state index >= 15 is 0 Å². The molecule has 2 nitrogen and oxygen atoms in total. The third kappa shape index (κ3) is 3.50. The van der Waals surface area contributed by atoms with Crippen LogP contribution in [0.4, 0.5) is 8.78 Å². The van der Waals surface area contributed by atoms with Crippen LogP contribution in [0.1, 0.15) is 25.3 Å². The number of rotatable bonds is 6. The van der Waals surface area contributed by atoms with Gasteiger partial charge in [-0.25, -0.2) is 8.78 Å². The maximum absolute atomic E-state index is 13.0. The molecule has 0 spiro atoms. The quantitative estimate of drug-likeness (QED) is 0.848. The molecule has 0 saturated heterocycles. The van der Waals surface area contributed by atoms with E-state index in [1.807, 2.05) is 6.92 Å². The zero-order valence-corrected chi connectivity index (χ0v) is 10.4. The topological polar surface area (TPSA) is 29.5 Å². The summed E-state index contributed by atoms with van der Waals surface area (Å²) in [7, 11) is 0. The van der Waals surface area contributed by atoms with Gasteiger partial charge < -0.3 is 9.84 Å². The highest BCUT2D eigenvalue weighted by molar-refractivity contribution is 5.19. The molecule has 100 valence electrons. The standard InChI is InChI=1S/C14H18F2O2/c1-2-18-14(10-3-4-10)13(17)7-9-5-11(15)8-12(16)6-9/h5-6,8,10,13-14,17H,2-4,7H2,1H3. The molecule has 4 heteroatoms. The number of hydrogen-bond donors (Lipinski definition) is 1. The highest BCUT2D eigenvalue weighted by Gasteiger charge is 2.36. The van der Waals surface area contributed by atoms with Crippen LogP contribution in [0.3, 0.4) is 0 Å². The van der Waals surface area contributed by atoms with Crippen molar-refractivity contribution in [3.05, 3.63) is 35.4 Å². The fraction of sp³-hybridized carbons (Fsp3) is 0.571. The van der Waals surface area contributed by atoms with Crippen LogP contribution in [0, 0.1) is 17.6 Å². The molecule has 0 bridgehead atoms. The predicted octanol–water partition coefficient (Wildman–Crippen LogP) is 2.68. The van der Waals surface area contributed by atoms with Gasteiger partial charge in [0.15, 0.2) is 0 Å². The van der Waals surface area contributed by atoms with Crippen LogP contribution < -0.4 is 0 Å². The number of benzene rings is 1. The monoisotopic (exact) mass is 256 g/mol. The lowest BCUT2D eigenvalue weighted by molar-refractivity contribution is -0.0440. The maximum Gasteiger partial charge on any atom is 0.126 e. The first-order valence-electron chi connectivity index (χ1n) is 6.34. The third-order valence-corrected chi connectivity index (χ3v) is 3.19. The van der Waals surface area contributed by atoms with Crippen molar-refractivity contribution in [2.75, 3.05) is 6.61 Å². The average molecular weight is 256 g/mol. The van der Waals surface area contributed by atoms with Crippen LogP contribution in [-0.2, 0) is 11.2 Å². The average Bonchev–Trinajstić information content (AvgIpc) is 3.07. The SMILES string of the molecule is CCOC(C(O)Cc1cc(F)cc(F)c1)C1CC1. The zero-order chi connectivity index (χ0) is 13.1. The maximum atomic E-state index is 13.0. The summed E-state index contributed by atoms with van der Waals surface area (Å²) < 4.78 is 31.6. The molecule has 18 heavy (non-hydrogen) atoms. The van der Waals surface area contributed by atoms with E-state index in [1.165, 1.54) is 12.1 Å². The Kier molecular flexibility index (Phi) is 4.30. The van der Waals surface area contributed by atoms with Gasteiger partial charge in [-0.1, -0.05) is 0 Å². The second-order valence-electron chi connectivity index (χ2n) is 4.81. The lowest BCUT2D eigenvalue weighted by atomic mass is 10.0. The Bertz CT molecular complexity index is 385. The van der Waals surface area contributed by atoms with Crippen molar-refractivity contribution in [1.29, 1.82) is 0 Å². The Morgan fingerprint density at radius 2 is 1.89 bits per heavy atom. The second kappa shape index (κ2) is 5.76. The normalized spacial score (nSPS) is 18.7. The summed E-state index contributed by atoms with van der Waals surface area (Å²) in [6, 6.07) is 3.33. The highest BCUT2D eigenvalue weighted by atomic mass is 19.1. The van der Waals surface area contributed by atoms with Gasteiger partial charge in [0.1, 0.15) is 11.6 Å². The Balaban J connectivity index is 2.02. The van der Waals surface area contributed by atoms with Crippen LogP contribution in [0.5, 0.6) is 0 Å². The third-order valence-electron chi connectivity index (χ3n) is 3.19. The highest BCUT2D eigenvalue weighted by Crippen LogP contribution is 2.36. The van der Waals surface area contributed by atoms with Crippen LogP contribution in [0.2, 0.25) is 0 Å². The van der Waals surface area contributed by atoms with E-state index in [0.717, 1.165) is 18.9 Å². The van der Waals surface area contributed by atoms with Crippen molar-refractivity contribution in [2.45, 2.75) is 38.4 Å². The summed E-state index contributed by atoms with van der Waals surface area (Å²) in [5, 5.41) is 10.1. The Morgan fingerprint density at radius 1 is 1.28 bits per heavy atom. The first-order chi connectivity index (χ1) is 8.60. The summed E-state index contributed by atoms with van der Waals surface area (Å²) >= 11 is 0. The largest absolute Gasteiger partial charge is 0.390 e. The van der Waals surface area contributed by atoms with Crippen molar-refractivity contribution in [2.24, 2.45) is 5.92 Å². The van der Waals surface area contributed by atoms with Gasteiger partial charge in [-0.05, 0) is 43.4 Å². The molecule has 0 aliphatic heterocycles. The van der Waals surface area contributed by atoms with Crippen molar-refractivity contribution < 1.29 is 18.6 Å². The molecular formula is C14H18F2O2. The fourth-order valence-electron chi connectivity index (χ4n) is 2.26. The van der Waals surface area contributed by atoms with Crippen LogP contribution in [-0.4, -0.2) is 23.9 Å². The van der Waals surface area contributed by atoms with E-state index in [9.17, 15) is 13.9 Å². The van der Waals surface area contributed by atoms with Gasteiger partial charge >= 0.3 is 0 Å². The minimum Gasteiger partial charge on any atom is -0.390 e. The van der Waals surface area contributed by atoms with Gasteiger partial charge in [0.05, 0.1) is 12.2 Å². The summed E-state index contributed by atoms with van der Waals surface area (Å²) in [6.45, 7) is 2.42. The lowest BCUT2D eigenvalue weighted by Crippen LogP contribution is -2.33. The molecule has 1 saturated carbocycles. The van der Waals surface area contributed by atoms with Crippen molar-refractivity contribution in [1.82, 2.24) is 0 Å². The van der Waals surface area contributed by atoms with Crippen molar-refractivity contribution >= 4 is 0 Å². The molecular weight excluding hydrogens is 238 g/mol. The van der Waals surface area contributed by atoms with E-state index in [0.29, 0.717) is 18.1 Å². The number of aliphatic hydroxyl groups is 1. The Morgan fingerprint density at radius 3 is 2.39 bits per heavy atom. The fourth-order valence-corrected chi connectivity index (χ4v) is 2.26. The minimum absolute atomic E-state index is 0.218. The smallest absolute Gasteiger partial charge is 0.126 e.